The average molecular weight is 239 g/mol. The number of aromatic nitrogens is 1. The van der Waals surface area contributed by atoms with Crippen molar-refractivity contribution in [2.75, 3.05) is 12.3 Å². The molecule has 0 aromatic carbocycles. The molecule has 0 spiro atoms. The Morgan fingerprint density at radius 3 is 2.76 bits per heavy atom. The molecule has 4 nitrogen and oxygen atoms in total. The molecule has 0 radical (unpaired) electrons. The van der Waals surface area contributed by atoms with Crippen LogP contribution in [0.5, 0.6) is 0 Å². The number of anilines is 1. The van der Waals surface area contributed by atoms with E-state index in [0.29, 0.717) is 18.4 Å². The summed E-state index contributed by atoms with van der Waals surface area (Å²) in [6.45, 7) is 6.68. The number of carbonyl (C=O) groups excluding carboxylic acids is 1. The molecular formula is C12H18FN3O. The molecule has 0 bridgehead atoms. The zero-order valence-corrected chi connectivity index (χ0v) is 10.3. The predicted molar refractivity (Wildman–Crippen MR) is 64.9 cm³/mol. The van der Waals surface area contributed by atoms with Crippen molar-refractivity contribution in [1.82, 2.24) is 10.3 Å². The van der Waals surface area contributed by atoms with E-state index >= 15 is 0 Å². The van der Waals surface area contributed by atoms with E-state index in [4.69, 9.17) is 5.73 Å². The van der Waals surface area contributed by atoms with Crippen LogP contribution in [0.1, 0.15) is 31.1 Å². The van der Waals surface area contributed by atoms with Crippen molar-refractivity contribution in [3.8, 4) is 0 Å². The summed E-state index contributed by atoms with van der Waals surface area (Å²) >= 11 is 0. The SMILES string of the molecule is CC(C)C(C)CNC(=O)c1ccnc(N)c1F. The minimum Gasteiger partial charge on any atom is -0.381 e. The van der Waals surface area contributed by atoms with Gasteiger partial charge in [-0.1, -0.05) is 20.8 Å². The molecule has 0 aliphatic carbocycles. The van der Waals surface area contributed by atoms with E-state index in [9.17, 15) is 9.18 Å². The zero-order valence-electron chi connectivity index (χ0n) is 10.3. The largest absolute Gasteiger partial charge is 0.381 e. The van der Waals surface area contributed by atoms with Crippen molar-refractivity contribution in [3.05, 3.63) is 23.6 Å². The maximum atomic E-state index is 13.5. The van der Waals surface area contributed by atoms with Crippen molar-refractivity contribution in [2.45, 2.75) is 20.8 Å². The maximum Gasteiger partial charge on any atom is 0.254 e. The van der Waals surface area contributed by atoms with E-state index in [1.54, 1.807) is 0 Å². The molecule has 3 N–H and O–H groups in total. The Morgan fingerprint density at radius 1 is 1.53 bits per heavy atom. The Kier molecular flexibility index (Phi) is 4.43. The van der Waals surface area contributed by atoms with Crippen molar-refractivity contribution < 1.29 is 9.18 Å². The van der Waals surface area contributed by atoms with Gasteiger partial charge in [-0.15, -0.1) is 0 Å². The molecule has 1 unspecified atom stereocenters. The molecule has 1 aromatic heterocycles. The third-order valence-electron chi connectivity index (χ3n) is 2.88. The lowest BCUT2D eigenvalue weighted by atomic mass is 9.98. The number of amides is 1. The third kappa shape index (κ3) is 3.41. The average Bonchev–Trinajstić information content (AvgIpc) is 2.29. The van der Waals surface area contributed by atoms with Crippen LogP contribution in [-0.4, -0.2) is 17.4 Å². The number of hydrogen-bond acceptors (Lipinski definition) is 3. The number of hydrogen-bond donors (Lipinski definition) is 2. The van der Waals surface area contributed by atoms with Crippen LogP contribution in [0.2, 0.25) is 0 Å². The lowest BCUT2D eigenvalue weighted by molar-refractivity contribution is 0.0941. The van der Waals surface area contributed by atoms with Gasteiger partial charge in [-0.2, -0.15) is 0 Å². The first-order chi connectivity index (χ1) is 7.93. The van der Waals surface area contributed by atoms with E-state index in [0.717, 1.165) is 0 Å². The molecule has 17 heavy (non-hydrogen) atoms. The first-order valence-corrected chi connectivity index (χ1v) is 5.61. The molecule has 1 aromatic rings. The number of halogens is 1. The molecule has 5 heteroatoms. The van der Waals surface area contributed by atoms with Crippen molar-refractivity contribution in [3.63, 3.8) is 0 Å². The Balaban J connectivity index is 2.68. The van der Waals surface area contributed by atoms with Gasteiger partial charge in [0, 0.05) is 12.7 Å². The molecule has 0 fully saturated rings. The summed E-state index contributed by atoms with van der Waals surface area (Å²) < 4.78 is 13.5. The predicted octanol–water partition coefficient (Wildman–Crippen LogP) is 1.82. The quantitative estimate of drug-likeness (QED) is 0.842. The fourth-order valence-electron chi connectivity index (χ4n) is 1.22. The van der Waals surface area contributed by atoms with Crippen LogP contribution in [0.25, 0.3) is 0 Å². The zero-order chi connectivity index (χ0) is 13.0. The van der Waals surface area contributed by atoms with Gasteiger partial charge >= 0.3 is 0 Å². The normalized spacial score (nSPS) is 12.5. The van der Waals surface area contributed by atoms with E-state index in [-0.39, 0.29) is 11.4 Å². The van der Waals surface area contributed by atoms with Gasteiger partial charge in [0.1, 0.15) is 0 Å². The lowest BCUT2D eigenvalue weighted by Crippen LogP contribution is -2.30. The summed E-state index contributed by atoms with van der Waals surface area (Å²) in [5.74, 6) is -0.676. The fraction of sp³-hybridized carbons (Fsp3) is 0.500. The molecule has 1 rings (SSSR count). The fourth-order valence-corrected chi connectivity index (χ4v) is 1.22. The highest BCUT2D eigenvalue weighted by molar-refractivity contribution is 5.95. The van der Waals surface area contributed by atoms with Gasteiger partial charge in [-0.05, 0) is 17.9 Å². The van der Waals surface area contributed by atoms with E-state index in [1.807, 2.05) is 6.92 Å². The van der Waals surface area contributed by atoms with E-state index in [2.05, 4.69) is 24.1 Å². The summed E-state index contributed by atoms with van der Waals surface area (Å²) in [4.78, 5) is 15.3. The second-order valence-electron chi connectivity index (χ2n) is 4.49. The lowest BCUT2D eigenvalue weighted by Gasteiger charge is -2.16. The topological polar surface area (TPSA) is 68.0 Å². The van der Waals surface area contributed by atoms with Crippen LogP contribution in [0.15, 0.2) is 12.3 Å². The minimum absolute atomic E-state index is 0.0616. The smallest absolute Gasteiger partial charge is 0.254 e. The number of nitrogens with two attached hydrogens (primary N) is 1. The second-order valence-corrected chi connectivity index (χ2v) is 4.49. The van der Waals surface area contributed by atoms with Crippen LogP contribution >= 0.6 is 0 Å². The van der Waals surface area contributed by atoms with Gasteiger partial charge in [0.15, 0.2) is 11.6 Å². The van der Waals surface area contributed by atoms with Crippen molar-refractivity contribution in [2.24, 2.45) is 11.8 Å². The number of nitrogen functional groups attached to an aromatic ring is 1. The van der Waals surface area contributed by atoms with Crippen LogP contribution in [0, 0.1) is 17.7 Å². The molecule has 94 valence electrons. The molecule has 1 amide bonds. The molecular weight excluding hydrogens is 221 g/mol. The minimum atomic E-state index is -0.762. The number of rotatable bonds is 4. The number of nitrogens with zero attached hydrogens (tertiary/aromatic N) is 1. The van der Waals surface area contributed by atoms with Crippen molar-refractivity contribution >= 4 is 11.7 Å². The molecule has 0 saturated heterocycles. The Hall–Kier alpha value is -1.65. The molecule has 1 atom stereocenters. The maximum absolute atomic E-state index is 13.5. The van der Waals surface area contributed by atoms with Crippen LogP contribution in [-0.2, 0) is 0 Å². The second kappa shape index (κ2) is 5.61. The van der Waals surface area contributed by atoms with Gasteiger partial charge in [-0.25, -0.2) is 9.37 Å². The number of nitrogens with one attached hydrogen (secondary N) is 1. The van der Waals surface area contributed by atoms with Crippen molar-refractivity contribution in [1.29, 1.82) is 0 Å². The van der Waals surface area contributed by atoms with Crippen LogP contribution in [0.3, 0.4) is 0 Å². The summed E-state index contributed by atoms with van der Waals surface area (Å²) in [6.07, 6.45) is 1.32. The first-order valence-electron chi connectivity index (χ1n) is 5.61. The Labute approximate surface area is 100 Å². The summed E-state index contributed by atoms with van der Waals surface area (Å²) in [5, 5.41) is 2.69. The first kappa shape index (κ1) is 13.4. The number of carbonyl (C=O) groups is 1. The highest BCUT2D eigenvalue weighted by atomic mass is 19.1. The Bertz CT molecular complexity index is 407. The molecule has 0 aliphatic heterocycles. The van der Waals surface area contributed by atoms with Gasteiger partial charge < -0.3 is 11.1 Å². The van der Waals surface area contributed by atoms with Crippen LogP contribution < -0.4 is 11.1 Å². The van der Waals surface area contributed by atoms with E-state index in [1.165, 1.54) is 12.3 Å². The van der Waals surface area contributed by atoms with E-state index < -0.39 is 11.7 Å². The molecule has 1 heterocycles. The highest BCUT2D eigenvalue weighted by Gasteiger charge is 2.15. The van der Waals surface area contributed by atoms with Gasteiger partial charge in [0.2, 0.25) is 0 Å². The third-order valence-corrected chi connectivity index (χ3v) is 2.88. The highest BCUT2D eigenvalue weighted by Crippen LogP contribution is 2.12. The molecule has 0 aliphatic rings. The number of pyridine rings is 1. The monoisotopic (exact) mass is 239 g/mol. The van der Waals surface area contributed by atoms with Gasteiger partial charge in [0.25, 0.3) is 5.91 Å². The van der Waals surface area contributed by atoms with Gasteiger partial charge in [-0.3, -0.25) is 4.79 Å². The molecule has 0 saturated carbocycles. The Morgan fingerprint density at radius 2 is 2.18 bits per heavy atom. The standard InChI is InChI=1S/C12H18FN3O/c1-7(2)8(3)6-16-12(17)9-4-5-15-11(14)10(9)13/h4-5,7-8H,6H2,1-3H3,(H2,14,15)(H,16,17). The van der Waals surface area contributed by atoms with Gasteiger partial charge in [0.05, 0.1) is 5.56 Å². The summed E-state index contributed by atoms with van der Waals surface area (Å²) in [5.41, 5.74) is 5.23. The van der Waals surface area contributed by atoms with Crippen LogP contribution in [0.4, 0.5) is 10.2 Å². The summed E-state index contributed by atoms with van der Waals surface area (Å²) in [7, 11) is 0. The summed E-state index contributed by atoms with van der Waals surface area (Å²) in [6, 6.07) is 1.32.